The van der Waals surface area contributed by atoms with E-state index in [1.807, 2.05) is 24.3 Å². The molecule has 0 saturated carbocycles. The van der Waals surface area contributed by atoms with E-state index in [-0.39, 0.29) is 4.34 Å². The fourth-order valence-electron chi connectivity index (χ4n) is 5.04. The van der Waals surface area contributed by atoms with E-state index < -0.39 is 14.6 Å². The number of aromatic nitrogens is 1. The first-order valence-electron chi connectivity index (χ1n) is 12.2. The zero-order chi connectivity index (χ0) is 24.9. The molecule has 0 aliphatic heterocycles. The van der Waals surface area contributed by atoms with Crippen molar-refractivity contribution in [2.75, 3.05) is 6.61 Å². The standard InChI is InChI=1S/C30H27NO3S2/c1-30(2,36(32,33)29-31-25-9-3-4-10-26(25)35-29)17-6-18-34-19-23-14-13-22-12-11-20-7-5-8-21-15-16-24(23)28(22)27(20)21/h3-5,7-16H,6,17-19H2,1-2H3. The molecule has 0 radical (unpaired) electrons. The van der Waals surface area contributed by atoms with E-state index in [1.165, 1.54) is 43.7 Å². The minimum atomic E-state index is -3.55. The van der Waals surface area contributed by atoms with Crippen molar-refractivity contribution in [2.45, 2.75) is 42.4 Å². The van der Waals surface area contributed by atoms with Crippen LogP contribution >= 0.6 is 11.3 Å². The van der Waals surface area contributed by atoms with Crippen LogP contribution in [-0.2, 0) is 21.2 Å². The van der Waals surface area contributed by atoms with Crippen molar-refractivity contribution in [2.24, 2.45) is 0 Å². The fourth-order valence-corrected chi connectivity index (χ4v) is 8.23. The van der Waals surface area contributed by atoms with Gasteiger partial charge < -0.3 is 4.74 Å². The van der Waals surface area contributed by atoms with Crippen molar-refractivity contribution < 1.29 is 13.2 Å². The molecule has 6 aromatic rings. The fraction of sp³-hybridized carbons (Fsp3) is 0.233. The van der Waals surface area contributed by atoms with Gasteiger partial charge in [-0.25, -0.2) is 13.4 Å². The molecule has 182 valence electrons. The van der Waals surface area contributed by atoms with E-state index in [0.717, 1.165) is 15.8 Å². The lowest BCUT2D eigenvalue weighted by atomic mass is 9.92. The summed E-state index contributed by atoms with van der Waals surface area (Å²) in [5, 5.41) is 7.54. The number of nitrogens with zero attached hydrogens (tertiary/aromatic N) is 1. The van der Waals surface area contributed by atoms with Gasteiger partial charge in [0.25, 0.3) is 0 Å². The van der Waals surface area contributed by atoms with E-state index in [4.69, 9.17) is 4.74 Å². The third-order valence-electron chi connectivity index (χ3n) is 7.18. The van der Waals surface area contributed by atoms with E-state index in [1.54, 1.807) is 13.8 Å². The molecule has 0 saturated heterocycles. The Balaban J connectivity index is 1.15. The highest BCUT2D eigenvalue weighted by Crippen LogP contribution is 2.37. The lowest BCUT2D eigenvalue weighted by molar-refractivity contribution is 0.116. The number of fused-ring (bicyclic) bond motifs is 1. The Bertz CT molecular complexity index is 1770. The number of benzene rings is 5. The second-order valence-corrected chi connectivity index (χ2v) is 13.7. The Labute approximate surface area is 214 Å². The maximum atomic E-state index is 13.3. The molecular formula is C30H27NO3S2. The third-order valence-corrected chi connectivity index (χ3v) is 11.1. The molecule has 1 heterocycles. The number of hydrogen-bond donors (Lipinski definition) is 0. The molecule has 4 nitrogen and oxygen atoms in total. The Morgan fingerprint density at radius 1 is 0.833 bits per heavy atom. The number of para-hydroxylation sites is 1. The smallest absolute Gasteiger partial charge is 0.210 e. The van der Waals surface area contributed by atoms with Gasteiger partial charge in [-0.1, -0.05) is 66.7 Å². The van der Waals surface area contributed by atoms with Crippen molar-refractivity contribution in [3.8, 4) is 0 Å². The second-order valence-electron chi connectivity index (χ2n) is 9.95. The normalized spacial score (nSPS) is 12.9. The van der Waals surface area contributed by atoms with Gasteiger partial charge in [-0.15, -0.1) is 11.3 Å². The molecule has 0 atom stereocenters. The van der Waals surface area contributed by atoms with E-state index in [2.05, 4.69) is 59.6 Å². The molecule has 5 aromatic carbocycles. The highest BCUT2D eigenvalue weighted by atomic mass is 32.2. The van der Waals surface area contributed by atoms with Gasteiger partial charge in [0.05, 0.1) is 21.6 Å². The predicted octanol–water partition coefficient (Wildman–Crippen LogP) is 7.74. The summed E-state index contributed by atoms with van der Waals surface area (Å²) in [6.45, 7) is 4.57. The maximum Gasteiger partial charge on any atom is 0.210 e. The summed E-state index contributed by atoms with van der Waals surface area (Å²) in [5.41, 5.74) is 1.88. The molecule has 6 heteroatoms. The quantitative estimate of drug-likeness (QED) is 0.154. The highest BCUT2D eigenvalue weighted by Gasteiger charge is 2.37. The zero-order valence-electron chi connectivity index (χ0n) is 20.3. The summed E-state index contributed by atoms with van der Waals surface area (Å²) in [4.78, 5) is 4.40. The Morgan fingerprint density at radius 2 is 1.53 bits per heavy atom. The maximum absolute atomic E-state index is 13.3. The molecular weight excluding hydrogens is 486 g/mol. The minimum absolute atomic E-state index is 0.197. The molecule has 0 fully saturated rings. The number of thiazole rings is 1. The first-order valence-corrected chi connectivity index (χ1v) is 14.5. The predicted molar refractivity (Wildman–Crippen MR) is 150 cm³/mol. The van der Waals surface area contributed by atoms with E-state index in [0.29, 0.717) is 26.1 Å². The van der Waals surface area contributed by atoms with Crippen LogP contribution in [0.25, 0.3) is 42.5 Å². The van der Waals surface area contributed by atoms with Gasteiger partial charge in [-0.05, 0) is 76.7 Å². The largest absolute Gasteiger partial charge is 0.377 e. The van der Waals surface area contributed by atoms with Crippen LogP contribution in [0.3, 0.4) is 0 Å². The first kappa shape index (κ1) is 23.3. The summed E-state index contributed by atoms with van der Waals surface area (Å²) in [5.74, 6) is 0. The number of sulfone groups is 1. The minimum Gasteiger partial charge on any atom is -0.377 e. The molecule has 36 heavy (non-hydrogen) atoms. The van der Waals surface area contributed by atoms with Crippen LogP contribution in [-0.4, -0.2) is 24.8 Å². The Hall–Kier alpha value is -3.06. The van der Waals surface area contributed by atoms with Crippen molar-refractivity contribution in [1.29, 1.82) is 0 Å². The van der Waals surface area contributed by atoms with Crippen molar-refractivity contribution in [3.63, 3.8) is 0 Å². The number of rotatable bonds is 8. The van der Waals surface area contributed by atoms with Gasteiger partial charge in [0.1, 0.15) is 0 Å². The van der Waals surface area contributed by atoms with Crippen molar-refractivity contribution in [3.05, 3.63) is 84.4 Å². The summed E-state index contributed by atoms with van der Waals surface area (Å²) < 4.78 is 32.9. The van der Waals surface area contributed by atoms with Gasteiger partial charge in [0.15, 0.2) is 0 Å². The van der Waals surface area contributed by atoms with Crippen molar-refractivity contribution in [1.82, 2.24) is 4.98 Å². The molecule has 0 aliphatic carbocycles. The van der Waals surface area contributed by atoms with Gasteiger partial charge >= 0.3 is 0 Å². The summed E-state index contributed by atoms with van der Waals surface area (Å²) in [6.07, 6.45) is 1.16. The molecule has 0 N–H and O–H groups in total. The van der Waals surface area contributed by atoms with Crippen LogP contribution in [0.5, 0.6) is 0 Å². The monoisotopic (exact) mass is 513 g/mol. The number of ether oxygens (including phenoxy) is 1. The molecule has 0 bridgehead atoms. The zero-order valence-corrected chi connectivity index (χ0v) is 22.0. The third kappa shape index (κ3) is 3.84. The molecule has 0 spiro atoms. The average Bonchev–Trinajstić information content (AvgIpc) is 3.33. The molecule has 0 aliphatic rings. The summed E-state index contributed by atoms with van der Waals surface area (Å²) in [7, 11) is -3.55. The molecule has 0 amide bonds. The number of hydrogen-bond acceptors (Lipinski definition) is 5. The molecule has 1 aromatic heterocycles. The van der Waals surface area contributed by atoms with Crippen molar-refractivity contribution >= 4 is 63.7 Å². The molecule has 0 unspecified atom stereocenters. The van der Waals surface area contributed by atoms with Gasteiger partial charge in [-0.3, -0.25) is 0 Å². The Morgan fingerprint density at radius 3 is 2.31 bits per heavy atom. The van der Waals surface area contributed by atoms with Crippen LogP contribution < -0.4 is 0 Å². The van der Waals surface area contributed by atoms with Crippen LogP contribution in [0.15, 0.2) is 83.2 Å². The Kier molecular flexibility index (Phi) is 5.71. The van der Waals surface area contributed by atoms with Crippen LogP contribution in [0.2, 0.25) is 0 Å². The average molecular weight is 514 g/mol. The van der Waals surface area contributed by atoms with E-state index in [9.17, 15) is 8.42 Å². The highest BCUT2D eigenvalue weighted by molar-refractivity contribution is 7.94. The van der Waals surface area contributed by atoms with Gasteiger partial charge in [-0.2, -0.15) is 0 Å². The van der Waals surface area contributed by atoms with Gasteiger partial charge in [0.2, 0.25) is 14.2 Å². The summed E-state index contributed by atoms with van der Waals surface area (Å²) >= 11 is 1.25. The summed E-state index contributed by atoms with van der Waals surface area (Å²) in [6, 6.07) is 27.0. The SMILES string of the molecule is CC(C)(CCCOCc1ccc2ccc3cccc4ccc1c2c34)S(=O)(=O)c1nc2ccccc2s1. The lowest BCUT2D eigenvalue weighted by Crippen LogP contribution is -2.32. The second kappa shape index (κ2) is 8.80. The van der Waals surface area contributed by atoms with Crippen LogP contribution in [0.1, 0.15) is 32.3 Å². The van der Waals surface area contributed by atoms with Gasteiger partial charge in [0, 0.05) is 6.61 Å². The van der Waals surface area contributed by atoms with Crippen LogP contribution in [0.4, 0.5) is 0 Å². The molecule has 6 rings (SSSR count). The van der Waals surface area contributed by atoms with E-state index >= 15 is 0 Å². The topological polar surface area (TPSA) is 56.3 Å². The first-order chi connectivity index (χ1) is 17.3. The van der Waals surface area contributed by atoms with Crippen LogP contribution in [0, 0.1) is 0 Å². The lowest BCUT2D eigenvalue weighted by Gasteiger charge is -2.23.